The Morgan fingerprint density at radius 2 is 2.00 bits per heavy atom. The maximum Gasteiger partial charge on any atom is 0.214 e. The fourth-order valence-electron chi connectivity index (χ4n) is 2.26. The van der Waals surface area contributed by atoms with Gasteiger partial charge in [0, 0.05) is 16.1 Å². The number of hydrogen-bond donors (Lipinski definition) is 0. The van der Waals surface area contributed by atoms with Crippen LogP contribution in [0.3, 0.4) is 0 Å². The van der Waals surface area contributed by atoms with Crippen LogP contribution in [0.4, 0.5) is 0 Å². The lowest BCUT2D eigenvalue weighted by Crippen LogP contribution is -2.03. The predicted octanol–water partition coefficient (Wildman–Crippen LogP) is 3.22. The topological polar surface area (TPSA) is 57.0 Å². The van der Waals surface area contributed by atoms with Crippen LogP contribution in [0, 0.1) is 0 Å². The minimum Gasteiger partial charge on any atom is -0.496 e. The molecule has 0 atom stereocenters. The molecule has 0 aliphatic carbocycles. The molecule has 1 aromatic heterocycles. The van der Waals surface area contributed by atoms with E-state index in [1.54, 1.807) is 48.3 Å². The second-order valence-electron chi connectivity index (χ2n) is 4.95. The van der Waals surface area contributed by atoms with Crippen molar-refractivity contribution >= 4 is 17.4 Å². The third-order valence-electron chi connectivity index (χ3n) is 3.38. The number of nitrogens with zero attached hydrogens (tertiary/aromatic N) is 3. The third kappa shape index (κ3) is 3.40. The van der Waals surface area contributed by atoms with Gasteiger partial charge in [-0.3, -0.25) is 4.79 Å². The van der Waals surface area contributed by atoms with Crippen molar-refractivity contribution in [1.82, 2.24) is 15.0 Å². The molecular formula is C17H14ClN3O2. The van der Waals surface area contributed by atoms with Crippen molar-refractivity contribution in [3.05, 3.63) is 76.6 Å². The summed E-state index contributed by atoms with van der Waals surface area (Å²) in [6.07, 6.45) is 1.62. The zero-order valence-corrected chi connectivity index (χ0v) is 13.2. The summed E-state index contributed by atoms with van der Waals surface area (Å²) < 4.78 is 6.90. The second kappa shape index (κ2) is 6.62. The largest absolute Gasteiger partial charge is 0.496 e. The fraction of sp³-hybridized carbons (Fsp3) is 0.118. The molecule has 0 unspecified atom stereocenters. The Hall–Kier alpha value is -2.66. The Kier molecular flexibility index (Phi) is 4.39. The number of rotatable bonds is 5. The van der Waals surface area contributed by atoms with Gasteiger partial charge in [-0.15, -0.1) is 5.10 Å². The Morgan fingerprint density at radius 1 is 1.22 bits per heavy atom. The van der Waals surface area contributed by atoms with E-state index in [2.05, 4.69) is 10.3 Å². The molecular weight excluding hydrogens is 314 g/mol. The lowest BCUT2D eigenvalue weighted by atomic mass is 10.1. The van der Waals surface area contributed by atoms with Crippen LogP contribution in [-0.2, 0) is 6.54 Å². The zero-order chi connectivity index (χ0) is 16.2. The molecule has 0 bridgehead atoms. The van der Waals surface area contributed by atoms with E-state index in [1.165, 1.54) is 0 Å². The average molecular weight is 328 g/mol. The first-order valence-corrected chi connectivity index (χ1v) is 7.37. The lowest BCUT2D eigenvalue weighted by Gasteiger charge is -2.08. The van der Waals surface area contributed by atoms with Gasteiger partial charge in [0.15, 0.2) is 5.69 Å². The molecule has 0 saturated carbocycles. The van der Waals surface area contributed by atoms with Gasteiger partial charge in [0.25, 0.3) is 0 Å². The van der Waals surface area contributed by atoms with Crippen molar-refractivity contribution in [2.75, 3.05) is 7.11 Å². The Labute approximate surface area is 138 Å². The first-order valence-electron chi connectivity index (χ1n) is 6.99. The SMILES string of the molecule is COc1ccc(Cl)cc1Cn1cc(C(=O)c2ccccc2)nn1. The maximum absolute atomic E-state index is 12.3. The highest BCUT2D eigenvalue weighted by molar-refractivity contribution is 6.30. The molecule has 0 saturated heterocycles. The molecule has 0 amide bonds. The first-order chi connectivity index (χ1) is 11.2. The quantitative estimate of drug-likeness (QED) is 0.675. The monoisotopic (exact) mass is 327 g/mol. The van der Waals surface area contributed by atoms with E-state index in [1.807, 2.05) is 18.2 Å². The number of carbonyl (C=O) groups excluding carboxylic acids is 1. The van der Waals surface area contributed by atoms with Crippen molar-refractivity contribution in [3.8, 4) is 5.75 Å². The minimum atomic E-state index is -0.157. The van der Waals surface area contributed by atoms with Crippen LogP contribution in [0.5, 0.6) is 5.75 Å². The van der Waals surface area contributed by atoms with E-state index in [9.17, 15) is 4.79 Å². The van der Waals surface area contributed by atoms with Gasteiger partial charge in [0.1, 0.15) is 5.75 Å². The number of ether oxygens (including phenoxy) is 1. The number of halogens is 1. The number of methoxy groups -OCH3 is 1. The molecule has 1 heterocycles. The number of aromatic nitrogens is 3. The van der Waals surface area contributed by atoms with Crippen LogP contribution >= 0.6 is 11.6 Å². The van der Waals surface area contributed by atoms with Gasteiger partial charge in [-0.05, 0) is 18.2 Å². The summed E-state index contributed by atoms with van der Waals surface area (Å²) in [5.74, 6) is 0.552. The molecule has 0 fully saturated rings. The third-order valence-corrected chi connectivity index (χ3v) is 3.62. The summed E-state index contributed by atoms with van der Waals surface area (Å²) in [5, 5.41) is 8.58. The Bertz CT molecular complexity index is 831. The predicted molar refractivity (Wildman–Crippen MR) is 87.0 cm³/mol. The highest BCUT2D eigenvalue weighted by atomic mass is 35.5. The van der Waals surface area contributed by atoms with Crippen LogP contribution in [0.15, 0.2) is 54.7 Å². The summed E-state index contributed by atoms with van der Waals surface area (Å²) in [6, 6.07) is 14.4. The Morgan fingerprint density at radius 3 is 2.74 bits per heavy atom. The van der Waals surface area contributed by atoms with Gasteiger partial charge in [-0.2, -0.15) is 0 Å². The van der Waals surface area contributed by atoms with Crippen molar-refractivity contribution in [2.24, 2.45) is 0 Å². The molecule has 23 heavy (non-hydrogen) atoms. The molecule has 0 aliphatic rings. The van der Waals surface area contributed by atoms with Crippen molar-refractivity contribution in [1.29, 1.82) is 0 Å². The molecule has 5 nitrogen and oxygen atoms in total. The molecule has 2 aromatic carbocycles. The summed E-state index contributed by atoms with van der Waals surface area (Å²) in [4.78, 5) is 12.3. The molecule has 0 aliphatic heterocycles. The van der Waals surface area contributed by atoms with Gasteiger partial charge in [-0.1, -0.05) is 47.1 Å². The first kappa shape index (κ1) is 15.2. The van der Waals surface area contributed by atoms with Crippen LogP contribution < -0.4 is 4.74 Å². The van der Waals surface area contributed by atoms with Gasteiger partial charge in [0.2, 0.25) is 5.78 Å². The molecule has 0 N–H and O–H groups in total. The number of ketones is 1. The lowest BCUT2D eigenvalue weighted by molar-refractivity contribution is 0.103. The highest BCUT2D eigenvalue weighted by Crippen LogP contribution is 2.23. The highest BCUT2D eigenvalue weighted by Gasteiger charge is 2.14. The second-order valence-corrected chi connectivity index (χ2v) is 5.39. The van der Waals surface area contributed by atoms with Crippen LogP contribution in [0.2, 0.25) is 5.02 Å². The van der Waals surface area contributed by atoms with E-state index >= 15 is 0 Å². The molecule has 116 valence electrons. The molecule has 3 aromatic rings. The minimum absolute atomic E-state index is 0.157. The molecule has 3 rings (SSSR count). The summed E-state index contributed by atoms with van der Waals surface area (Å²) in [7, 11) is 1.60. The standard InChI is InChI=1S/C17H14ClN3O2/c1-23-16-8-7-14(18)9-13(16)10-21-11-15(19-20-21)17(22)12-5-3-2-4-6-12/h2-9,11H,10H2,1H3. The summed E-state index contributed by atoms with van der Waals surface area (Å²) in [5.41, 5.74) is 1.75. The average Bonchev–Trinajstić information content (AvgIpc) is 3.04. The fourth-order valence-corrected chi connectivity index (χ4v) is 2.46. The van der Waals surface area contributed by atoms with Crippen molar-refractivity contribution in [3.63, 3.8) is 0 Å². The van der Waals surface area contributed by atoms with E-state index < -0.39 is 0 Å². The summed E-state index contributed by atoms with van der Waals surface area (Å²) in [6.45, 7) is 0.415. The van der Waals surface area contributed by atoms with E-state index in [0.29, 0.717) is 28.6 Å². The maximum atomic E-state index is 12.3. The van der Waals surface area contributed by atoms with Crippen molar-refractivity contribution < 1.29 is 9.53 Å². The Balaban J connectivity index is 1.83. The molecule has 0 spiro atoms. The van der Waals surface area contributed by atoms with Crippen molar-refractivity contribution in [2.45, 2.75) is 6.54 Å². The summed E-state index contributed by atoms with van der Waals surface area (Å²) >= 11 is 6.02. The molecule has 0 radical (unpaired) electrons. The van der Waals surface area contributed by atoms with E-state index in [-0.39, 0.29) is 5.78 Å². The van der Waals surface area contributed by atoms with Gasteiger partial charge in [-0.25, -0.2) is 4.68 Å². The smallest absolute Gasteiger partial charge is 0.214 e. The van der Waals surface area contributed by atoms with Gasteiger partial charge < -0.3 is 4.74 Å². The van der Waals surface area contributed by atoms with Gasteiger partial charge in [0.05, 0.1) is 19.9 Å². The molecule has 6 heteroatoms. The van der Waals surface area contributed by atoms with Crippen LogP contribution in [0.1, 0.15) is 21.6 Å². The van der Waals surface area contributed by atoms with Gasteiger partial charge >= 0.3 is 0 Å². The van der Waals surface area contributed by atoms with E-state index in [0.717, 1.165) is 5.56 Å². The van der Waals surface area contributed by atoms with E-state index in [4.69, 9.17) is 16.3 Å². The van der Waals surface area contributed by atoms with Crippen LogP contribution in [0.25, 0.3) is 0 Å². The number of benzene rings is 2. The van der Waals surface area contributed by atoms with Crippen LogP contribution in [-0.4, -0.2) is 27.9 Å². The zero-order valence-electron chi connectivity index (χ0n) is 12.4. The number of carbonyl (C=O) groups is 1. The number of hydrogen-bond acceptors (Lipinski definition) is 4. The normalized spacial score (nSPS) is 10.5.